The van der Waals surface area contributed by atoms with E-state index in [0.29, 0.717) is 18.9 Å². The highest BCUT2D eigenvalue weighted by molar-refractivity contribution is 7.89. The van der Waals surface area contributed by atoms with Gasteiger partial charge in [0.2, 0.25) is 15.9 Å². The van der Waals surface area contributed by atoms with Crippen molar-refractivity contribution in [2.24, 2.45) is 5.92 Å². The second-order valence-corrected chi connectivity index (χ2v) is 8.12. The lowest BCUT2D eigenvalue weighted by atomic mass is 9.89. The van der Waals surface area contributed by atoms with Gasteiger partial charge < -0.3 is 5.32 Å². The molecule has 1 amide bonds. The van der Waals surface area contributed by atoms with Gasteiger partial charge in [0.25, 0.3) is 0 Å². The van der Waals surface area contributed by atoms with Crippen LogP contribution in [0.1, 0.15) is 44.7 Å². The van der Waals surface area contributed by atoms with Crippen LogP contribution in [0, 0.1) is 5.92 Å². The number of amides is 1. The van der Waals surface area contributed by atoms with Crippen LogP contribution >= 0.6 is 0 Å². The topological polar surface area (TPSA) is 66.5 Å². The summed E-state index contributed by atoms with van der Waals surface area (Å²) in [7, 11) is -3.24. The molecule has 1 aliphatic heterocycles. The maximum absolute atomic E-state index is 12.4. The van der Waals surface area contributed by atoms with E-state index in [1.54, 1.807) is 0 Å². The third-order valence-electron chi connectivity index (χ3n) is 4.52. The minimum absolute atomic E-state index is 0.0776. The molecule has 0 bridgehead atoms. The molecule has 5 nitrogen and oxygen atoms in total. The van der Waals surface area contributed by atoms with E-state index in [0.717, 1.165) is 18.4 Å². The van der Waals surface area contributed by atoms with E-state index in [2.05, 4.69) is 19.2 Å². The number of rotatable bonds is 7. The first-order valence-electron chi connectivity index (χ1n) is 8.30. The molecule has 128 valence electrons. The van der Waals surface area contributed by atoms with Gasteiger partial charge in [0, 0.05) is 6.54 Å². The molecule has 0 aliphatic carbocycles. The molecule has 0 spiro atoms. The standard InChI is InChI=1S/C17H26N2O3S/c1-3-14(4-2)17(15-9-6-5-7-10-15)18-16(20)13-19-11-8-12-23(19,21)22/h5-7,9-10,14,17H,3-4,8,11-13H2,1-2H3,(H,18,20). The summed E-state index contributed by atoms with van der Waals surface area (Å²) in [6, 6.07) is 9.81. The third-order valence-corrected chi connectivity index (χ3v) is 6.42. The number of sulfonamides is 1. The van der Waals surface area contributed by atoms with E-state index >= 15 is 0 Å². The van der Waals surface area contributed by atoms with E-state index in [9.17, 15) is 13.2 Å². The van der Waals surface area contributed by atoms with E-state index in [4.69, 9.17) is 0 Å². The van der Waals surface area contributed by atoms with Crippen molar-refractivity contribution in [3.8, 4) is 0 Å². The molecule has 1 heterocycles. The first-order valence-corrected chi connectivity index (χ1v) is 9.91. The SMILES string of the molecule is CCC(CC)C(NC(=O)CN1CCCS1(=O)=O)c1ccccc1. The minimum Gasteiger partial charge on any atom is -0.348 e. The van der Waals surface area contributed by atoms with Gasteiger partial charge in [-0.2, -0.15) is 4.31 Å². The summed E-state index contributed by atoms with van der Waals surface area (Å²) >= 11 is 0. The highest BCUT2D eigenvalue weighted by Crippen LogP contribution is 2.27. The molecule has 6 heteroatoms. The van der Waals surface area contributed by atoms with Crippen LogP contribution < -0.4 is 5.32 Å². The van der Waals surface area contributed by atoms with E-state index in [1.807, 2.05) is 30.3 Å². The first kappa shape index (κ1) is 17.9. The summed E-state index contributed by atoms with van der Waals surface area (Å²) in [5, 5.41) is 3.05. The number of hydrogen-bond acceptors (Lipinski definition) is 3. The van der Waals surface area contributed by atoms with Crippen molar-refractivity contribution in [1.82, 2.24) is 9.62 Å². The predicted octanol–water partition coefficient (Wildman–Crippen LogP) is 2.32. The lowest BCUT2D eigenvalue weighted by Gasteiger charge is -2.27. The molecule has 1 aromatic carbocycles. The fourth-order valence-corrected chi connectivity index (χ4v) is 4.62. The molecular formula is C17H26N2O3S. The van der Waals surface area contributed by atoms with Gasteiger partial charge >= 0.3 is 0 Å². The number of carbonyl (C=O) groups is 1. The molecule has 1 atom stereocenters. The number of nitrogens with zero attached hydrogens (tertiary/aromatic N) is 1. The molecule has 23 heavy (non-hydrogen) atoms. The van der Waals surface area contributed by atoms with Gasteiger partial charge in [-0.15, -0.1) is 0 Å². The molecule has 1 aliphatic rings. The van der Waals surface area contributed by atoms with Crippen LogP contribution in [0.4, 0.5) is 0 Å². The summed E-state index contributed by atoms with van der Waals surface area (Å²) in [4.78, 5) is 12.4. The van der Waals surface area contributed by atoms with Crippen LogP contribution in [0.15, 0.2) is 30.3 Å². The predicted molar refractivity (Wildman–Crippen MR) is 91.4 cm³/mol. The molecule has 0 saturated carbocycles. The highest BCUT2D eigenvalue weighted by atomic mass is 32.2. The van der Waals surface area contributed by atoms with Gasteiger partial charge in [0.1, 0.15) is 0 Å². The molecule has 1 saturated heterocycles. The maximum atomic E-state index is 12.4. The van der Waals surface area contributed by atoms with Crippen molar-refractivity contribution < 1.29 is 13.2 Å². The molecule has 0 radical (unpaired) electrons. The summed E-state index contributed by atoms with van der Waals surface area (Å²) in [6.07, 6.45) is 2.51. The average molecular weight is 338 g/mol. The molecule has 1 N–H and O–H groups in total. The van der Waals surface area contributed by atoms with E-state index < -0.39 is 10.0 Å². The first-order chi connectivity index (χ1) is 11.0. The van der Waals surface area contributed by atoms with Crippen LogP contribution in [-0.4, -0.2) is 37.5 Å². The van der Waals surface area contributed by atoms with Gasteiger partial charge in [0.05, 0.1) is 18.3 Å². The number of carbonyl (C=O) groups excluding carboxylic acids is 1. The van der Waals surface area contributed by atoms with Crippen molar-refractivity contribution in [3.63, 3.8) is 0 Å². The minimum atomic E-state index is -3.24. The monoisotopic (exact) mass is 338 g/mol. The number of benzene rings is 1. The molecule has 1 fully saturated rings. The maximum Gasteiger partial charge on any atom is 0.235 e. The van der Waals surface area contributed by atoms with Crippen molar-refractivity contribution >= 4 is 15.9 Å². The van der Waals surface area contributed by atoms with Crippen molar-refractivity contribution in [2.45, 2.75) is 39.2 Å². The van der Waals surface area contributed by atoms with Crippen LogP contribution in [0.2, 0.25) is 0 Å². The highest BCUT2D eigenvalue weighted by Gasteiger charge is 2.31. The molecule has 1 aromatic rings. The zero-order chi connectivity index (χ0) is 16.9. The summed E-state index contributed by atoms with van der Waals surface area (Å²) < 4.78 is 25.0. The van der Waals surface area contributed by atoms with Crippen LogP contribution in [0.3, 0.4) is 0 Å². The van der Waals surface area contributed by atoms with Crippen molar-refractivity contribution in [3.05, 3.63) is 35.9 Å². The quantitative estimate of drug-likeness (QED) is 0.830. The van der Waals surface area contributed by atoms with E-state index in [1.165, 1.54) is 4.31 Å². The second-order valence-electron chi connectivity index (χ2n) is 6.04. The Bertz CT molecular complexity index is 612. The fourth-order valence-electron chi connectivity index (χ4n) is 3.14. The van der Waals surface area contributed by atoms with Gasteiger partial charge in [-0.05, 0) is 17.9 Å². The Kier molecular flexibility index (Phi) is 6.18. The summed E-state index contributed by atoms with van der Waals surface area (Å²) in [5.41, 5.74) is 1.07. The fraction of sp³-hybridized carbons (Fsp3) is 0.588. The zero-order valence-corrected chi connectivity index (χ0v) is 14.7. The molecule has 0 aromatic heterocycles. The van der Waals surface area contributed by atoms with Gasteiger partial charge in [-0.3, -0.25) is 4.79 Å². The summed E-state index contributed by atoms with van der Waals surface area (Å²) in [6.45, 7) is 4.59. The Morgan fingerprint density at radius 3 is 2.39 bits per heavy atom. The Morgan fingerprint density at radius 2 is 1.87 bits per heavy atom. The Balaban J connectivity index is 2.10. The van der Waals surface area contributed by atoms with Gasteiger partial charge in [-0.1, -0.05) is 57.0 Å². The Hall–Kier alpha value is -1.40. The van der Waals surface area contributed by atoms with Crippen LogP contribution in [-0.2, 0) is 14.8 Å². The third kappa shape index (κ3) is 4.54. The average Bonchev–Trinajstić information content (AvgIpc) is 2.87. The summed E-state index contributed by atoms with van der Waals surface area (Å²) in [5.74, 6) is 0.252. The zero-order valence-electron chi connectivity index (χ0n) is 13.9. The molecular weight excluding hydrogens is 312 g/mol. The smallest absolute Gasteiger partial charge is 0.235 e. The normalized spacial score (nSPS) is 18.9. The second kappa shape index (κ2) is 7.93. The Labute approximate surface area is 139 Å². The van der Waals surface area contributed by atoms with E-state index in [-0.39, 0.29) is 24.2 Å². The number of nitrogens with one attached hydrogen (secondary N) is 1. The van der Waals surface area contributed by atoms with Crippen molar-refractivity contribution in [2.75, 3.05) is 18.8 Å². The molecule has 1 unspecified atom stereocenters. The van der Waals surface area contributed by atoms with Crippen LogP contribution in [0.25, 0.3) is 0 Å². The lowest BCUT2D eigenvalue weighted by molar-refractivity contribution is -0.122. The van der Waals surface area contributed by atoms with Crippen molar-refractivity contribution in [1.29, 1.82) is 0 Å². The Morgan fingerprint density at radius 1 is 1.22 bits per heavy atom. The largest absolute Gasteiger partial charge is 0.348 e. The van der Waals surface area contributed by atoms with Gasteiger partial charge in [-0.25, -0.2) is 8.42 Å². The lowest BCUT2D eigenvalue weighted by Crippen LogP contribution is -2.41. The van der Waals surface area contributed by atoms with Gasteiger partial charge in [0.15, 0.2) is 0 Å². The molecule has 2 rings (SSSR count). The number of hydrogen-bond donors (Lipinski definition) is 1. The van der Waals surface area contributed by atoms with Crippen LogP contribution in [0.5, 0.6) is 0 Å².